The lowest BCUT2D eigenvalue weighted by atomic mass is 9.82. The Bertz CT molecular complexity index is 385. The van der Waals surface area contributed by atoms with Crippen molar-refractivity contribution in [1.82, 2.24) is 5.32 Å². The van der Waals surface area contributed by atoms with Crippen molar-refractivity contribution in [3.8, 4) is 0 Å². The highest BCUT2D eigenvalue weighted by molar-refractivity contribution is 7.12. The molecule has 2 rings (SSSR count). The van der Waals surface area contributed by atoms with Crippen molar-refractivity contribution < 1.29 is 4.79 Å². The number of hydrogen-bond acceptors (Lipinski definition) is 2. The first-order chi connectivity index (χ1) is 7.06. The molecule has 3 heteroatoms. The number of carbonyl (C=O) groups is 1. The second kappa shape index (κ2) is 3.63. The summed E-state index contributed by atoms with van der Waals surface area (Å²) in [5, 5.41) is 3.00. The molecule has 1 aliphatic heterocycles. The SMILES string of the molecule is CCc1ccc(C2(C)CC(=O)NC2C)s1. The second-order valence-electron chi connectivity index (χ2n) is 4.50. The van der Waals surface area contributed by atoms with Crippen molar-refractivity contribution in [2.75, 3.05) is 0 Å². The summed E-state index contributed by atoms with van der Waals surface area (Å²) in [6.07, 6.45) is 1.70. The third kappa shape index (κ3) is 1.69. The van der Waals surface area contributed by atoms with Crippen molar-refractivity contribution in [2.45, 2.75) is 45.1 Å². The predicted molar refractivity (Wildman–Crippen MR) is 63.3 cm³/mol. The molecule has 2 nitrogen and oxygen atoms in total. The zero-order chi connectivity index (χ0) is 11.1. The molecule has 1 saturated heterocycles. The van der Waals surface area contributed by atoms with Crippen molar-refractivity contribution in [3.63, 3.8) is 0 Å². The first kappa shape index (κ1) is 10.7. The van der Waals surface area contributed by atoms with Gasteiger partial charge in [-0.3, -0.25) is 4.79 Å². The van der Waals surface area contributed by atoms with Gasteiger partial charge >= 0.3 is 0 Å². The van der Waals surface area contributed by atoms with Gasteiger partial charge < -0.3 is 5.32 Å². The van der Waals surface area contributed by atoms with Gasteiger partial charge in [0.15, 0.2) is 0 Å². The van der Waals surface area contributed by atoms with E-state index >= 15 is 0 Å². The topological polar surface area (TPSA) is 29.1 Å². The van der Waals surface area contributed by atoms with Crippen LogP contribution in [0.25, 0.3) is 0 Å². The minimum absolute atomic E-state index is 0.00479. The molecule has 1 fully saturated rings. The molecule has 2 unspecified atom stereocenters. The molecule has 0 bridgehead atoms. The maximum absolute atomic E-state index is 11.4. The maximum atomic E-state index is 11.4. The quantitative estimate of drug-likeness (QED) is 0.820. The number of aryl methyl sites for hydroxylation is 1. The minimum atomic E-state index is -0.00479. The first-order valence-electron chi connectivity index (χ1n) is 5.45. The van der Waals surface area contributed by atoms with E-state index in [1.807, 2.05) is 11.3 Å². The number of rotatable bonds is 2. The number of nitrogens with one attached hydrogen (secondary N) is 1. The van der Waals surface area contributed by atoms with Crippen LogP contribution in [-0.4, -0.2) is 11.9 Å². The summed E-state index contributed by atoms with van der Waals surface area (Å²) < 4.78 is 0. The van der Waals surface area contributed by atoms with E-state index in [1.165, 1.54) is 9.75 Å². The summed E-state index contributed by atoms with van der Waals surface area (Å²) in [7, 11) is 0. The Morgan fingerprint density at radius 3 is 2.80 bits per heavy atom. The van der Waals surface area contributed by atoms with Crippen LogP contribution in [0.2, 0.25) is 0 Å². The lowest BCUT2D eigenvalue weighted by Crippen LogP contribution is -2.34. The van der Waals surface area contributed by atoms with Gasteiger partial charge in [0.25, 0.3) is 0 Å². The number of thiophene rings is 1. The predicted octanol–water partition coefficient (Wildman–Crippen LogP) is 2.48. The molecule has 15 heavy (non-hydrogen) atoms. The van der Waals surface area contributed by atoms with E-state index < -0.39 is 0 Å². The summed E-state index contributed by atoms with van der Waals surface area (Å²) in [5.74, 6) is 0.177. The van der Waals surface area contributed by atoms with Gasteiger partial charge in [-0.05, 0) is 25.5 Å². The molecule has 1 aliphatic rings. The molecular formula is C12H17NOS. The van der Waals surface area contributed by atoms with Crippen molar-refractivity contribution in [3.05, 3.63) is 21.9 Å². The summed E-state index contributed by atoms with van der Waals surface area (Å²) in [4.78, 5) is 14.2. The Labute approximate surface area is 94.7 Å². The van der Waals surface area contributed by atoms with Gasteiger partial charge in [0.1, 0.15) is 0 Å². The first-order valence-corrected chi connectivity index (χ1v) is 6.26. The van der Waals surface area contributed by atoms with Gasteiger partial charge in [0.2, 0.25) is 5.91 Å². The molecule has 0 aromatic carbocycles. The fourth-order valence-corrected chi connectivity index (χ4v) is 3.29. The van der Waals surface area contributed by atoms with Gasteiger partial charge in [-0.15, -0.1) is 11.3 Å². The molecule has 2 atom stereocenters. The summed E-state index contributed by atoms with van der Waals surface area (Å²) >= 11 is 1.84. The van der Waals surface area contributed by atoms with E-state index in [0.717, 1.165) is 6.42 Å². The maximum Gasteiger partial charge on any atom is 0.221 e. The average molecular weight is 223 g/mol. The Morgan fingerprint density at radius 1 is 1.60 bits per heavy atom. The van der Waals surface area contributed by atoms with Crippen LogP contribution >= 0.6 is 11.3 Å². The van der Waals surface area contributed by atoms with Crippen LogP contribution in [0.4, 0.5) is 0 Å². The fraction of sp³-hybridized carbons (Fsp3) is 0.583. The smallest absolute Gasteiger partial charge is 0.221 e. The standard InChI is InChI=1S/C12H17NOS/c1-4-9-5-6-10(15-9)12(3)7-11(14)13-8(12)2/h5-6,8H,4,7H2,1-3H3,(H,13,14). The number of carbonyl (C=O) groups excluding carboxylic acids is 1. The Hall–Kier alpha value is -0.830. The molecule has 1 amide bonds. The lowest BCUT2D eigenvalue weighted by Gasteiger charge is -2.26. The third-order valence-electron chi connectivity index (χ3n) is 3.43. The molecule has 0 aliphatic carbocycles. The van der Waals surface area contributed by atoms with Crippen molar-refractivity contribution in [2.24, 2.45) is 0 Å². The molecule has 1 aromatic heterocycles. The van der Waals surface area contributed by atoms with Crippen LogP contribution < -0.4 is 5.32 Å². The van der Waals surface area contributed by atoms with E-state index in [1.54, 1.807) is 0 Å². The Morgan fingerprint density at radius 2 is 2.33 bits per heavy atom. The van der Waals surface area contributed by atoms with Crippen LogP contribution in [0.5, 0.6) is 0 Å². The molecular weight excluding hydrogens is 206 g/mol. The third-order valence-corrected chi connectivity index (χ3v) is 4.94. The van der Waals surface area contributed by atoms with Crippen LogP contribution in [-0.2, 0) is 16.6 Å². The van der Waals surface area contributed by atoms with Crippen LogP contribution in [0, 0.1) is 0 Å². The molecule has 1 N–H and O–H groups in total. The molecule has 2 heterocycles. The van der Waals surface area contributed by atoms with Crippen molar-refractivity contribution >= 4 is 17.2 Å². The highest BCUT2D eigenvalue weighted by Gasteiger charge is 2.42. The summed E-state index contributed by atoms with van der Waals surface area (Å²) in [5.41, 5.74) is -0.00479. The van der Waals surface area contributed by atoms with Gasteiger partial charge in [-0.25, -0.2) is 0 Å². The summed E-state index contributed by atoms with van der Waals surface area (Å²) in [6.45, 7) is 6.44. The van der Waals surface area contributed by atoms with Gasteiger partial charge in [-0.1, -0.05) is 13.8 Å². The van der Waals surface area contributed by atoms with Gasteiger partial charge in [-0.2, -0.15) is 0 Å². The van der Waals surface area contributed by atoms with Gasteiger partial charge in [0.05, 0.1) is 0 Å². The number of hydrogen-bond donors (Lipinski definition) is 1. The molecule has 1 aromatic rings. The highest BCUT2D eigenvalue weighted by atomic mass is 32.1. The van der Waals surface area contributed by atoms with E-state index in [-0.39, 0.29) is 17.4 Å². The zero-order valence-electron chi connectivity index (χ0n) is 9.46. The van der Waals surface area contributed by atoms with Crippen LogP contribution in [0.1, 0.15) is 36.9 Å². The van der Waals surface area contributed by atoms with E-state index in [4.69, 9.17) is 0 Å². The normalized spacial score (nSPS) is 30.6. The summed E-state index contributed by atoms with van der Waals surface area (Å²) in [6, 6.07) is 4.61. The Kier molecular flexibility index (Phi) is 2.59. The lowest BCUT2D eigenvalue weighted by molar-refractivity contribution is -0.119. The monoisotopic (exact) mass is 223 g/mol. The molecule has 0 spiro atoms. The Balaban J connectivity index is 2.32. The second-order valence-corrected chi connectivity index (χ2v) is 5.67. The largest absolute Gasteiger partial charge is 0.353 e. The van der Waals surface area contributed by atoms with E-state index in [0.29, 0.717) is 6.42 Å². The van der Waals surface area contributed by atoms with Gasteiger partial charge in [0, 0.05) is 27.6 Å². The number of amides is 1. The van der Waals surface area contributed by atoms with Crippen LogP contribution in [0.15, 0.2) is 12.1 Å². The van der Waals surface area contributed by atoms with Crippen molar-refractivity contribution in [1.29, 1.82) is 0 Å². The van der Waals surface area contributed by atoms with E-state index in [9.17, 15) is 4.79 Å². The minimum Gasteiger partial charge on any atom is -0.353 e. The fourth-order valence-electron chi connectivity index (χ4n) is 2.11. The molecule has 0 radical (unpaired) electrons. The zero-order valence-corrected chi connectivity index (χ0v) is 10.3. The highest BCUT2D eigenvalue weighted by Crippen LogP contribution is 2.39. The van der Waals surface area contributed by atoms with Crippen LogP contribution in [0.3, 0.4) is 0 Å². The van der Waals surface area contributed by atoms with E-state index in [2.05, 4.69) is 38.2 Å². The molecule has 0 saturated carbocycles. The molecule has 82 valence electrons. The average Bonchev–Trinajstić information content (AvgIpc) is 2.73.